The molecule has 1 atom stereocenters. The summed E-state index contributed by atoms with van der Waals surface area (Å²) in [6.07, 6.45) is 4.96. The molecule has 1 aromatic heterocycles. The van der Waals surface area contributed by atoms with Gasteiger partial charge in [-0.1, -0.05) is 15.9 Å². The number of hydrogen-bond donors (Lipinski definition) is 0. The standard InChI is InChI=1S/C12H16BrNO2/c1-9-6-10(8-16-9)12(15)14-5-3-2-4-11(14)7-13/h6,8,11H,2-5,7H2,1H3. The molecule has 1 aromatic rings. The Morgan fingerprint density at radius 3 is 3.06 bits per heavy atom. The van der Waals surface area contributed by atoms with E-state index in [1.54, 1.807) is 6.26 Å². The van der Waals surface area contributed by atoms with Crippen LogP contribution in [0.15, 0.2) is 16.7 Å². The number of piperidine rings is 1. The van der Waals surface area contributed by atoms with E-state index in [1.165, 1.54) is 6.42 Å². The molecule has 0 radical (unpaired) electrons. The monoisotopic (exact) mass is 285 g/mol. The first kappa shape index (κ1) is 11.7. The van der Waals surface area contributed by atoms with E-state index in [2.05, 4.69) is 15.9 Å². The second-order valence-electron chi connectivity index (χ2n) is 4.25. The third kappa shape index (κ3) is 2.32. The second kappa shape index (κ2) is 5.04. The first-order chi connectivity index (χ1) is 7.72. The van der Waals surface area contributed by atoms with E-state index in [0.717, 1.165) is 30.5 Å². The molecule has 1 unspecified atom stereocenters. The average molecular weight is 286 g/mol. The summed E-state index contributed by atoms with van der Waals surface area (Å²) < 4.78 is 5.19. The van der Waals surface area contributed by atoms with Crippen LogP contribution in [-0.2, 0) is 0 Å². The zero-order chi connectivity index (χ0) is 11.5. The summed E-state index contributed by atoms with van der Waals surface area (Å²) in [5.41, 5.74) is 0.672. The van der Waals surface area contributed by atoms with Crippen molar-refractivity contribution in [2.24, 2.45) is 0 Å². The fourth-order valence-electron chi connectivity index (χ4n) is 2.15. The molecule has 16 heavy (non-hydrogen) atoms. The Hall–Kier alpha value is -0.770. The molecular weight excluding hydrogens is 270 g/mol. The highest BCUT2D eigenvalue weighted by Crippen LogP contribution is 2.21. The van der Waals surface area contributed by atoms with E-state index >= 15 is 0 Å². The van der Waals surface area contributed by atoms with Crippen molar-refractivity contribution in [3.05, 3.63) is 23.7 Å². The van der Waals surface area contributed by atoms with Crippen LogP contribution in [-0.4, -0.2) is 28.7 Å². The van der Waals surface area contributed by atoms with Gasteiger partial charge in [0, 0.05) is 17.9 Å². The van der Waals surface area contributed by atoms with Gasteiger partial charge in [-0.05, 0) is 32.3 Å². The Morgan fingerprint density at radius 2 is 2.44 bits per heavy atom. The zero-order valence-electron chi connectivity index (χ0n) is 9.41. The molecule has 0 bridgehead atoms. The molecule has 0 aromatic carbocycles. The van der Waals surface area contributed by atoms with Crippen molar-refractivity contribution < 1.29 is 9.21 Å². The third-order valence-electron chi connectivity index (χ3n) is 3.04. The molecule has 88 valence electrons. The molecule has 1 fully saturated rings. The molecule has 2 rings (SSSR count). The fraction of sp³-hybridized carbons (Fsp3) is 0.583. The maximum absolute atomic E-state index is 12.2. The first-order valence-electron chi connectivity index (χ1n) is 5.64. The van der Waals surface area contributed by atoms with Crippen LogP contribution >= 0.6 is 15.9 Å². The van der Waals surface area contributed by atoms with Gasteiger partial charge < -0.3 is 9.32 Å². The second-order valence-corrected chi connectivity index (χ2v) is 4.90. The molecule has 1 amide bonds. The van der Waals surface area contributed by atoms with Crippen LogP contribution in [0.2, 0.25) is 0 Å². The number of rotatable bonds is 2. The van der Waals surface area contributed by atoms with Gasteiger partial charge in [0.25, 0.3) is 5.91 Å². The lowest BCUT2D eigenvalue weighted by Crippen LogP contribution is -2.44. The van der Waals surface area contributed by atoms with Crippen LogP contribution < -0.4 is 0 Å². The number of carbonyl (C=O) groups is 1. The van der Waals surface area contributed by atoms with E-state index in [9.17, 15) is 4.79 Å². The van der Waals surface area contributed by atoms with Gasteiger partial charge in [0.2, 0.25) is 0 Å². The largest absolute Gasteiger partial charge is 0.469 e. The highest BCUT2D eigenvalue weighted by atomic mass is 79.9. The Kier molecular flexibility index (Phi) is 3.69. The molecular formula is C12H16BrNO2. The van der Waals surface area contributed by atoms with Crippen LogP contribution in [0.5, 0.6) is 0 Å². The Morgan fingerprint density at radius 1 is 1.62 bits per heavy atom. The van der Waals surface area contributed by atoms with Crippen molar-refractivity contribution in [2.45, 2.75) is 32.2 Å². The summed E-state index contributed by atoms with van der Waals surface area (Å²) >= 11 is 3.48. The SMILES string of the molecule is Cc1cc(C(=O)N2CCCCC2CBr)co1. The predicted molar refractivity (Wildman–Crippen MR) is 65.9 cm³/mol. The van der Waals surface area contributed by atoms with Gasteiger partial charge in [-0.2, -0.15) is 0 Å². The first-order valence-corrected chi connectivity index (χ1v) is 6.76. The van der Waals surface area contributed by atoms with Crippen molar-refractivity contribution >= 4 is 21.8 Å². The lowest BCUT2D eigenvalue weighted by Gasteiger charge is -2.34. The summed E-state index contributed by atoms with van der Waals surface area (Å²) in [6, 6.07) is 2.14. The number of furan rings is 1. The maximum atomic E-state index is 12.2. The molecule has 3 nitrogen and oxygen atoms in total. The van der Waals surface area contributed by atoms with Crippen molar-refractivity contribution in [3.63, 3.8) is 0 Å². The number of nitrogens with zero attached hydrogens (tertiary/aromatic N) is 1. The number of alkyl halides is 1. The maximum Gasteiger partial charge on any atom is 0.257 e. The summed E-state index contributed by atoms with van der Waals surface area (Å²) in [5.74, 6) is 0.886. The van der Waals surface area contributed by atoms with E-state index in [4.69, 9.17) is 4.42 Å². The van der Waals surface area contributed by atoms with Crippen molar-refractivity contribution in [1.29, 1.82) is 0 Å². The highest BCUT2D eigenvalue weighted by Gasteiger charge is 2.27. The van der Waals surface area contributed by atoms with E-state index < -0.39 is 0 Å². The van der Waals surface area contributed by atoms with E-state index in [0.29, 0.717) is 11.6 Å². The quantitative estimate of drug-likeness (QED) is 0.783. The van der Waals surface area contributed by atoms with Crippen LogP contribution in [0.3, 0.4) is 0 Å². The molecule has 1 aliphatic heterocycles. The number of likely N-dealkylation sites (tertiary alicyclic amines) is 1. The Balaban J connectivity index is 2.13. The van der Waals surface area contributed by atoms with E-state index in [-0.39, 0.29) is 5.91 Å². The van der Waals surface area contributed by atoms with Gasteiger partial charge in [0.05, 0.1) is 5.56 Å². The minimum absolute atomic E-state index is 0.0981. The summed E-state index contributed by atoms with van der Waals surface area (Å²) in [5, 5.41) is 0.857. The van der Waals surface area contributed by atoms with Crippen molar-refractivity contribution in [2.75, 3.05) is 11.9 Å². The van der Waals surface area contributed by atoms with Crippen molar-refractivity contribution in [3.8, 4) is 0 Å². The summed E-state index contributed by atoms with van der Waals surface area (Å²) in [6.45, 7) is 2.72. The molecule has 0 saturated carbocycles. The number of carbonyl (C=O) groups excluding carboxylic acids is 1. The van der Waals surface area contributed by atoms with Crippen LogP contribution in [0.25, 0.3) is 0 Å². The number of aryl methyl sites for hydroxylation is 1. The van der Waals surface area contributed by atoms with Gasteiger partial charge in [0.15, 0.2) is 0 Å². The molecule has 1 aliphatic rings. The lowest BCUT2D eigenvalue weighted by molar-refractivity contribution is 0.0641. The topological polar surface area (TPSA) is 33.5 Å². The Bertz CT molecular complexity index is 375. The lowest BCUT2D eigenvalue weighted by atomic mass is 10.0. The summed E-state index contributed by atoms with van der Waals surface area (Å²) in [7, 11) is 0. The third-order valence-corrected chi connectivity index (χ3v) is 3.79. The molecule has 1 saturated heterocycles. The Labute approximate surface area is 104 Å². The van der Waals surface area contributed by atoms with Gasteiger partial charge in [0.1, 0.15) is 12.0 Å². The van der Waals surface area contributed by atoms with Gasteiger partial charge >= 0.3 is 0 Å². The van der Waals surface area contributed by atoms with E-state index in [1.807, 2.05) is 17.9 Å². The summed E-state index contributed by atoms with van der Waals surface area (Å²) in [4.78, 5) is 14.2. The molecule has 0 spiro atoms. The minimum atomic E-state index is 0.0981. The number of amides is 1. The number of halogens is 1. The average Bonchev–Trinajstić information content (AvgIpc) is 2.75. The molecule has 0 N–H and O–H groups in total. The highest BCUT2D eigenvalue weighted by molar-refractivity contribution is 9.09. The molecule has 2 heterocycles. The minimum Gasteiger partial charge on any atom is -0.469 e. The smallest absolute Gasteiger partial charge is 0.257 e. The van der Waals surface area contributed by atoms with Gasteiger partial charge in [-0.15, -0.1) is 0 Å². The van der Waals surface area contributed by atoms with Crippen LogP contribution in [0.4, 0.5) is 0 Å². The van der Waals surface area contributed by atoms with Gasteiger partial charge in [-0.3, -0.25) is 4.79 Å². The van der Waals surface area contributed by atoms with Gasteiger partial charge in [-0.25, -0.2) is 0 Å². The fourth-order valence-corrected chi connectivity index (χ4v) is 2.82. The van der Waals surface area contributed by atoms with Crippen LogP contribution in [0, 0.1) is 6.92 Å². The normalized spacial score (nSPS) is 21.1. The zero-order valence-corrected chi connectivity index (χ0v) is 11.0. The van der Waals surface area contributed by atoms with Crippen molar-refractivity contribution in [1.82, 2.24) is 4.90 Å². The molecule has 4 heteroatoms. The predicted octanol–water partition coefficient (Wildman–Crippen LogP) is 2.98. The number of hydrogen-bond acceptors (Lipinski definition) is 2. The molecule has 0 aliphatic carbocycles. The van der Waals surface area contributed by atoms with Crippen LogP contribution in [0.1, 0.15) is 35.4 Å².